The average molecular weight is 539 g/mol. The van der Waals surface area contributed by atoms with E-state index in [4.69, 9.17) is 0 Å². The predicted molar refractivity (Wildman–Crippen MR) is 142 cm³/mol. The molecule has 4 atom stereocenters. The molecule has 2 saturated heterocycles. The molecule has 0 radical (unpaired) electrons. The van der Waals surface area contributed by atoms with Gasteiger partial charge in [0.05, 0.1) is 18.0 Å². The van der Waals surface area contributed by atoms with Gasteiger partial charge in [-0.2, -0.15) is 13.2 Å². The van der Waals surface area contributed by atoms with Gasteiger partial charge in [0, 0.05) is 49.3 Å². The number of aromatic nitrogens is 1. The molecule has 1 aromatic heterocycles. The summed E-state index contributed by atoms with van der Waals surface area (Å²) in [4.78, 5) is 33.7. The van der Waals surface area contributed by atoms with Gasteiger partial charge < -0.3 is 15.2 Å². The van der Waals surface area contributed by atoms with E-state index in [1.807, 2.05) is 35.2 Å². The summed E-state index contributed by atoms with van der Waals surface area (Å²) >= 11 is 0. The Labute approximate surface area is 225 Å². The lowest BCUT2D eigenvalue weighted by atomic mass is 9.68. The highest BCUT2D eigenvalue weighted by molar-refractivity contribution is 5.89. The minimum atomic E-state index is -4.40. The Morgan fingerprint density at radius 2 is 1.90 bits per heavy atom. The summed E-state index contributed by atoms with van der Waals surface area (Å²) in [5, 5.41) is 3.54. The molecule has 3 aliphatic rings. The number of hydrogen-bond donors (Lipinski definition) is 2. The summed E-state index contributed by atoms with van der Waals surface area (Å²) < 4.78 is 40.3. The van der Waals surface area contributed by atoms with Crippen molar-refractivity contribution >= 4 is 22.7 Å². The van der Waals surface area contributed by atoms with Crippen LogP contribution in [-0.2, 0) is 28.7 Å². The molecule has 0 spiro atoms. The van der Waals surface area contributed by atoms with Crippen molar-refractivity contribution in [3.05, 3.63) is 70.9 Å². The molecule has 39 heavy (non-hydrogen) atoms. The molecule has 206 valence electrons. The molecule has 6 rings (SSSR count). The number of piperidine rings is 1. The summed E-state index contributed by atoms with van der Waals surface area (Å²) in [6.07, 6.45) is -2.66. The molecule has 6 nitrogen and oxygen atoms in total. The zero-order valence-electron chi connectivity index (χ0n) is 21.9. The van der Waals surface area contributed by atoms with E-state index in [1.54, 1.807) is 0 Å². The van der Waals surface area contributed by atoms with Crippen LogP contribution in [0.4, 0.5) is 13.2 Å². The first-order chi connectivity index (χ1) is 18.7. The Morgan fingerprint density at radius 3 is 2.67 bits per heavy atom. The van der Waals surface area contributed by atoms with Crippen LogP contribution < -0.4 is 5.32 Å². The number of carbonyl (C=O) groups excluding carboxylic acids is 2. The summed E-state index contributed by atoms with van der Waals surface area (Å²) in [6, 6.07) is 13.3. The Bertz CT molecular complexity index is 1390. The van der Waals surface area contributed by atoms with Gasteiger partial charge in [-0.15, -0.1) is 0 Å². The van der Waals surface area contributed by atoms with Crippen LogP contribution in [0.3, 0.4) is 0 Å². The number of aromatic amines is 1. The summed E-state index contributed by atoms with van der Waals surface area (Å²) in [6.45, 7) is 5.12. The molecule has 2 fully saturated rings. The third-order valence-electron chi connectivity index (χ3n) is 9.01. The average Bonchev–Trinajstić information content (AvgIpc) is 3.28. The number of nitrogens with zero attached hydrogens (tertiary/aromatic N) is 2. The maximum atomic E-state index is 13.5. The summed E-state index contributed by atoms with van der Waals surface area (Å²) in [5.41, 5.74) is 3.16. The highest BCUT2D eigenvalue weighted by Crippen LogP contribution is 2.47. The van der Waals surface area contributed by atoms with Crippen LogP contribution >= 0.6 is 0 Å². The minimum Gasteiger partial charge on any atom is -0.358 e. The molecule has 2 aliphatic heterocycles. The fourth-order valence-corrected chi connectivity index (χ4v) is 6.96. The fraction of sp³-hybridized carbons (Fsp3) is 0.467. The van der Waals surface area contributed by atoms with Crippen LogP contribution in [0.15, 0.2) is 48.5 Å². The Balaban J connectivity index is 1.19. The van der Waals surface area contributed by atoms with E-state index in [9.17, 15) is 22.8 Å². The standard InChI is InChI=1S/C30H33F3N4O2/c1-18-23-17-37(27(38)15-26-29(39)34-10-12-36(26)16-19-5-3-2-4-6-19)11-9-20(23)13-25-28(18)22-14-21(30(31,32)33)7-8-24(22)35-25/h2-8,14,18,20,23,26,35H,9-13,15-17H2,1H3,(H,34,39)/t18-,20-,23-,26?/m1/s1. The number of amides is 2. The van der Waals surface area contributed by atoms with Gasteiger partial charge in [0.1, 0.15) is 0 Å². The Kier molecular flexibility index (Phi) is 6.65. The molecule has 2 amide bonds. The molecule has 1 aliphatic carbocycles. The maximum absolute atomic E-state index is 13.5. The van der Waals surface area contributed by atoms with Crippen molar-refractivity contribution in [3.63, 3.8) is 0 Å². The molecule has 0 saturated carbocycles. The van der Waals surface area contributed by atoms with Gasteiger partial charge in [0.2, 0.25) is 11.8 Å². The smallest absolute Gasteiger partial charge is 0.358 e. The van der Waals surface area contributed by atoms with Crippen molar-refractivity contribution in [1.82, 2.24) is 20.1 Å². The minimum absolute atomic E-state index is 0.0131. The lowest BCUT2D eigenvalue weighted by Gasteiger charge is -2.45. The van der Waals surface area contributed by atoms with Crippen molar-refractivity contribution in [2.75, 3.05) is 26.2 Å². The van der Waals surface area contributed by atoms with Crippen LogP contribution in [0.1, 0.15) is 48.1 Å². The number of nitrogens with one attached hydrogen (secondary N) is 2. The molecule has 3 heterocycles. The van der Waals surface area contributed by atoms with E-state index in [0.717, 1.165) is 41.2 Å². The number of benzene rings is 2. The monoisotopic (exact) mass is 538 g/mol. The first-order valence-electron chi connectivity index (χ1n) is 13.7. The third-order valence-corrected chi connectivity index (χ3v) is 9.01. The number of carbonyl (C=O) groups is 2. The second kappa shape index (κ2) is 10.0. The topological polar surface area (TPSA) is 68.4 Å². The van der Waals surface area contributed by atoms with Crippen LogP contribution in [0, 0.1) is 11.8 Å². The summed E-state index contributed by atoms with van der Waals surface area (Å²) in [7, 11) is 0. The van der Waals surface area contributed by atoms with E-state index < -0.39 is 17.8 Å². The number of hydrogen-bond acceptors (Lipinski definition) is 3. The molecule has 2 aromatic carbocycles. The second-order valence-corrected chi connectivity index (χ2v) is 11.3. The number of fused-ring (bicyclic) bond motifs is 4. The van der Waals surface area contributed by atoms with Crippen molar-refractivity contribution in [2.24, 2.45) is 11.8 Å². The molecular formula is C30H33F3N4O2. The lowest BCUT2D eigenvalue weighted by molar-refractivity contribution is -0.141. The van der Waals surface area contributed by atoms with Crippen LogP contribution in [0.5, 0.6) is 0 Å². The number of H-pyrrole nitrogens is 1. The van der Waals surface area contributed by atoms with Crippen LogP contribution in [0.2, 0.25) is 0 Å². The molecule has 9 heteroatoms. The fourth-order valence-electron chi connectivity index (χ4n) is 6.96. The van der Waals surface area contributed by atoms with E-state index in [2.05, 4.69) is 22.1 Å². The Hall–Kier alpha value is -3.33. The molecule has 1 unspecified atom stereocenters. The van der Waals surface area contributed by atoms with Crippen molar-refractivity contribution in [2.45, 2.75) is 50.9 Å². The number of rotatable bonds is 4. The lowest BCUT2D eigenvalue weighted by Crippen LogP contribution is -2.57. The molecule has 0 bridgehead atoms. The van der Waals surface area contributed by atoms with Gasteiger partial charge in [0.15, 0.2) is 0 Å². The normalized spacial score (nSPS) is 25.7. The van der Waals surface area contributed by atoms with Crippen LogP contribution in [-0.4, -0.2) is 58.8 Å². The molecular weight excluding hydrogens is 505 g/mol. The SMILES string of the molecule is C[C@H]1c2c([nH]c3ccc(C(F)(F)F)cc23)C[C@H]2CCN(C(=O)CC3C(=O)NCCN3Cc3ccccc3)C[C@@H]21. The first-order valence-corrected chi connectivity index (χ1v) is 13.7. The highest BCUT2D eigenvalue weighted by atomic mass is 19.4. The van der Waals surface area contributed by atoms with Crippen molar-refractivity contribution < 1.29 is 22.8 Å². The molecule has 2 N–H and O–H groups in total. The van der Waals surface area contributed by atoms with Gasteiger partial charge in [-0.25, -0.2) is 0 Å². The highest BCUT2D eigenvalue weighted by Gasteiger charge is 2.42. The van der Waals surface area contributed by atoms with E-state index in [-0.39, 0.29) is 30.1 Å². The maximum Gasteiger partial charge on any atom is 0.416 e. The number of halogens is 3. The number of alkyl halides is 3. The van der Waals surface area contributed by atoms with E-state index in [1.165, 1.54) is 12.1 Å². The van der Waals surface area contributed by atoms with E-state index in [0.29, 0.717) is 44.0 Å². The summed E-state index contributed by atoms with van der Waals surface area (Å²) in [5.74, 6) is 0.378. The molecule has 3 aromatic rings. The zero-order chi connectivity index (χ0) is 27.3. The van der Waals surface area contributed by atoms with Crippen LogP contribution in [0.25, 0.3) is 10.9 Å². The first kappa shape index (κ1) is 25.9. The number of piperazine rings is 1. The predicted octanol–water partition coefficient (Wildman–Crippen LogP) is 4.70. The van der Waals surface area contributed by atoms with Gasteiger partial charge in [0.25, 0.3) is 0 Å². The Morgan fingerprint density at radius 1 is 1.10 bits per heavy atom. The number of likely N-dealkylation sites (tertiary alicyclic amines) is 1. The van der Waals surface area contributed by atoms with Gasteiger partial charge in [-0.1, -0.05) is 37.3 Å². The van der Waals surface area contributed by atoms with Crippen molar-refractivity contribution in [3.8, 4) is 0 Å². The van der Waals surface area contributed by atoms with Crippen molar-refractivity contribution in [1.29, 1.82) is 0 Å². The van der Waals surface area contributed by atoms with Gasteiger partial charge >= 0.3 is 6.18 Å². The van der Waals surface area contributed by atoms with Gasteiger partial charge in [-0.3, -0.25) is 14.5 Å². The third kappa shape index (κ3) is 4.93. The van der Waals surface area contributed by atoms with E-state index >= 15 is 0 Å². The van der Waals surface area contributed by atoms with Gasteiger partial charge in [-0.05, 0) is 59.9 Å². The second-order valence-electron chi connectivity index (χ2n) is 11.3. The largest absolute Gasteiger partial charge is 0.416 e. The zero-order valence-corrected chi connectivity index (χ0v) is 21.9. The quantitative estimate of drug-likeness (QED) is 0.506.